The highest BCUT2D eigenvalue weighted by Crippen LogP contribution is 2.24. The molecule has 0 heterocycles. The Labute approximate surface area is 191 Å². The van der Waals surface area contributed by atoms with Crippen molar-refractivity contribution in [1.82, 2.24) is 5.32 Å². The van der Waals surface area contributed by atoms with Gasteiger partial charge in [0, 0.05) is 10.6 Å². The van der Waals surface area contributed by atoms with E-state index >= 15 is 0 Å². The maximum absolute atomic E-state index is 12.2. The number of amides is 2. The molecule has 2 amide bonds. The Hall–Kier alpha value is -3.32. The number of thioether (sulfide) groups is 1. The number of carbonyl (C=O) groups excluding carboxylic acids is 3. The average Bonchev–Trinajstić information content (AvgIpc) is 2.78. The molecular weight excluding hydrogens is 424 g/mol. The van der Waals surface area contributed by atoms with E-state index in [0.29, 0.717) is 0 Å². The normalized spacial score (nSPS) is 11.6. The van der Waals surface area contributed by atoms with Gasteiger partial charge in [-0.15, -0.1) is 11.8 Å². The number of fused-ring (bicyclic) bond motifs is 1. The zero-order valence-electron chi connectivity index (χ0n) is 18.3. The van der Waals surface area contributed by atoms with Gasteiger partial charge in [0.25, 0.3) is 5.91 Å². The molecule has 0 aliphatic heterocycles. The third-order valence-corrected chi connectivity index (χ3v) is 5.89. The Kier molecular flexibility index (Phi) is 7.89. The van der Waals surface area contributed by atoms with Gasteiger partial charge in [0.1, 0.15) is 0 Å². The second-order valence-electron chi connectivity index (χ2n) is 7.46. The molecule has 0 saturated heterocycles. The zero-order valence-corrected chi connectivity index (χ0v) is 19.1. The summed E-state index contributed by atoms with van der Waals surface area (Å²) in [5.41, 5.74) is 2.61. The van der Waals surface area contributed by atoms with Gasteiger partial charge in [-0.25, -0.2) is 0 Å². The van der Waals surface area contributed by atoms with E-state index in [2.05, 4.69) is 10.6 Å². The topological polar surface area (TPSA) is 84.5 Å². The standard InChI is InChI=1S/C25H26N2O4S/c1-16-7-6-8-17(2)24(16)27-22(28)14-26-25(30)18(3)31-23(29)15-32-21-12-11-19-9-4-5-10-20(19)13-21/h4-13,18H,14-15H2,1-3H3,(H,26,30)(H,27,28). The number of benzene rings is 3. The number of hydrogen-bond donors (Lipinski definition) is 2. The van der Waals surface area contributed by atoms with E-state index in [-0.39, 0.29) is 18.2 Å². The van der Waals surface area contributed by atoms with Crippen molar-refractivity contribution >= 4 is 46.0 Å². The average molecular weight is 451 g/mol. The van der Waals surface area contributed by atoms with Crippen molar-refractivity contribution in [3.8, 4) is 0 Å². The van der Waals surface area contributed by atoms with Crippen molar-refractivity contribution in [2.75, 3.05) is 17.6 Å². The minimum absolute atomic E-state index is 0.0863. The summed E-state index contributed by atoms with van der Waals surface area (Å²) in [7, 11) is 0. The molecule has 6 nitrogen and oxygen atoms in total. The number of anilines is 1. The predicted molar refractivity (Wildman–Crippen MR) is 128 cm³/mol. The molecule has 2 N–H and O–H groups in total. The van der Waals surface area contributed by atoms with Crippen LogP contribution >= 0.6 is 11.8 Å². The molecule has 3 aromatic carbocycles. The lowest BCUT2D eigenvalue weighted by atomic mass is 10.1. The molecule has 0 aliphatic carbocycles. The number of carbonyl (C=O) groups is 3. The Morgan fingerprint density at radius 3 is 2.34 bits per heavy atom. The van der Waals surface area contributed by atoms with Gasteiger partial charge in [-0.3, -0.25) is 14.4 Å². The highest BCUT2D eigenvalue weighted by Gasteiger charge is 2.19. The number of para-hydroxylation sites is 1. The van der Waals surface area contributed by atoms with Gasteiger partial charge in [-0.1, -0.05) is 48.5 Å². The van der Waals surface area contributed by atoms with Crippen LogP contribution in [0.5, 0.6) is 0 Å². The first-order chi connectivity index (χ1) is 15.3. The fourth-order valence-corrected chi connectivity index (χ4v) is 3.92. The first-order valence-corrected chi connectivity index (χ1v) is 11.3. The van der Waals surface area contributed by atoms with Crippen LogP contribution in [-0.2, 0) is 19.1 Å². The van der Waals surface area contributed by atoms with E-state index in [9.17, 15) is 14.4 Å². The van der Waals surface area contributed by atoms with Gasteiger partial charge in [-0.05, 0) is 54.8 Å². The van der Waals surface area contributed by atoms with Crippen LogP contribution in [0, 0.1) is 13.8 Å². The number of aryl methyl sites for hydroxylation is 2. The molecule has 0 bridgehead atoms. The lowest BCUT2D eigenvalue weighted by Crippen LogP contribution is -2.40. The summed E-state index contributed by atoms with van der Waals surface area (Å²) in [5, 5.41) is 7.53. The summed E-state index contributed by atoms with van der Waals surface area (Å²) in [6.07, 6.45) is -0.993. The molecular formula is C25H26N2O4S. The van der Waals surface area contributed by atoms with Crippen molar-refractivity contribution < 1.29 is 19.1 Å². The second kappa shape index (κ2) is 10.8. The lowest BCUT2D eigenvalue weighted by molar-refractivity contribution is -0.152. The fourth-order valence-electron chi connectivity index (χ4n) is 3.19. The van der Waals surface area contributed by atoms with E-state index in [0.717, 1.165) is 32.5 Å². The van der Waals surface area contributed by atoms with Crippen LogP contribution in [0.3, 0.4) is 0 Å². The molecule has 0 aliphatic rings. The molecule has 0 fully saturated rings. The summed E-state index contributed by atoms with van der Waals surface area (Å²) in [6.45, 7) is 5.08. The van der Waals surface area contributed by atoms with Gasteiger partial charge >= 0.3 is 5.97 Å². The molecule has 32 heavy (non-hydrogen) atoms. The van der Waals surface area contributed by atoms with Crippen molar-refractivity contribution in [2.45, 2.75) is 31.8 Å². The monoisotopic (exact) mass is 450 g/mol. The Morgan fingerprint density at radius 2 is 1.62 bits per heavy atom. The summed E-state index contributed by atoms with van der Waals surface area (Å²) >= 11 is 1.35. The fraction of sp³-hybridized carbons (Fsp3) is 0.240. The van der Waals surface area contributed by atoms with E-state index in [1.807, 2.05) is 74.5 Å². The first kappa shape index (κ1) is 23.3. The van der Waals surface area contributed by atoms with E-state index in [1.54, 1.807) is 0 Å². The number of esters is 1. The lowest BCUT2D eigenvalue weighted by Gasteiger charge is -2.15. The molecule has 3 rings (SSSR count). The van der Waals surface area contributed by atoms with Gasteiger partial charge in [0.05, 0.1) is 12.3 Å². The quantitative estimate of drug-likeness (QED) is 0.396. The van der Waals surface area contributed by atoms with Gasteiger partial charge < -0.3 is 15.4 Å². The largest absolute Gasteiger partial charge is 0.452 e. The Bertz CT molecular complexity index is 1130. The van der Waals surface area contributed by atoms with Crippen molar-refractivity contribution in [1.29, 1.82) is 0 Å². The maximum atomic E-state index is 12.2. The molecule has 1 unspecified atom stereocenters. The number of ether oxygens (including phenoxy) is 1. The highest BCUT2D eigenvalue weighted by molar-refractivity contribution is 8.00. The summed E-state index contributed by atoms with van der Waals surface area (Å²) < 4.78 is 5.21. The first-order valence-electron chi connectivity index (χ1n) is 10.3. The van der Waals surface area contributed by atoms with Crippen LogP contribution in [0.1, 0.15) is 18.1 Å². The van der Waals surface area contributed by atoms with Crippen molar-refractivity contribution in [2.24, 2.45) is 0 Å². The van der Waals surface area contributed by atoms with Crippen LogP contribution in [0.15, 0.2) is 65.6 Å². The van der Waals surface area contributed by atoms with Crippen molar-refractivity contribution in [3.05, 3.63) is 71.8 Å². The Morgan fingerprint density at radius 1 is 0.938 bits per heavy atom. The van der Waals surface area contributed by atoms with Crippen LogP contribution in [-0.4, -0.2) is 36.2 Å². The van der Waals surface area contributed by atoms with Gasteiger partial charge in [0.2, 0.25) is 5.91 Å². The molecule has 0 spiro atoms. The molecule has 3 aromatic rings. The Balaban J connectivity index is 1.43. The molecule has 7 heteroatoms. The minimum atomic E-state index is -0.993. The number of nitrogens with one attached hydrogen (secondary N) is 2. The zero-order chi connectivity index (χ0) is 23.1. The molecule has 0 saturated carbocycles. The van der Waals surface area contributed by atoms with E-state index in [4.69, 9.17) is 4.74 Å². The third kappa shape index (κ3) is 6.34. The number of hydrogen-bond acceptors (Lipinski definition) is 5. The minimum Gasteiger partial charge on any atom is -0.452 e. The van der Waals surface area contributed by atoms with Crippen molar-refractivity contribution in [3.63, 3.8) is 0 Å². The predicted octanol–water partition coefficient (Wildman–Crippen LogP) is 4.24. The third-order valence-electron chi connectivity index (χ3n) is 4.92. The smallest absolute Gasteiger partial charge is 0.317 e. The van der Waals surface area contributed by atoms with E-state index < -0.39 is 18.0 Å². The molecule has 0 aromatic heterocycles. The molecule has 0 radical (unpaired) electrons. The summed E-state index contributed by atoms with van der Waals surface area (Å²) in [5.74, 6) is -1.28. The second-order valence-corrected chi connectivity index (χ2v) is 8.51. The summed E-state index contributed by atoms with van der Waals surface area (Å²) in [6, 6.07) is 19.7. The summed E-state index contributed by atoms with van der Waals surface area (Å²) in [4.78, 5) is 37.5. The van der Waals surface area contributed by atoms with Crippen LogP contribution < -0.4 is 10.6 Å². The SMILES string of the molecule is Cc1cccc(C)c1NC(=O)CNC(=O)C(C)OC(=O)CSc1ccc2ccccc2c1. The van der Waals surface area contributed by atoms with Crippen LogP contribution in [0.2, 0.25) is 0 Å². The van der Waals surface area contributed by atoms with Crippen LogP contribution in [0.25, 0.3) is 10.8 Å². The van der Waals surface area contributed by atoms with Crippen LogP contribution in [0.4, 0.5) is 5.69 Å². The van der Waals surface area contributed by atoms with Gasteiger partial charge in [-0.2, -0.15) is 0 Å². The molecule has 166 valence electrons. The number of rotatable bonds is 8. The van der Waals surface area contributed by atoms with E-state index in [1.165, 1.54) is 18.7 Å². The van der Waals surface area contributed by atoms with Gasteiger partial charge in [0.15, 0.2) is 6.10 Å². The highest BCUT2D eigenvalue weighted by atomic mass is 32.2. The molecule has 1 atom stereocenters. The maximum Gasteiger partial charge on any atom is 0.317 e.